The second kappa shape index (κ2) is 7.72. The number of carbonyl (C=O) groups excluding carboxylic acids is 2. The van der Waals surface area contributed by atoms with Gasteiger partial charge in [-0.25, -0.2) is 4.39 Å². The average Bonchev–Trinajstić information content (AvgIpc) is 2.43. The minimum Gasteiger partial charge on any atom is -0.469 e. The number of aliphatic hydroxyl groups is 1. The molecule has 0 aliphatic heterocycles. The molecule has 0 heterocycles. The van der Waals surface area contributed by atoms with Crippen LogP contribution >= 0.6 is 0 Å². The minimum absolute atomic E-state index is 0.153. The first kappa shape index (κ1) is 16.3. The zero-order valence-corrected chi connectivity index (χ0v) is 11.4. The van der Waals surface area contributed by atoms with E-state index in [4.69, 9.17) is 0 Å². The molecule has 2 unspecified atom stereocenters. The number of hydrogen-bond acceptors (Lipinski definition) is 5. The number of aliphatic hydroxyl groups excluding tert-OH is 1. The van der Waals surface area contributed by atoms with Crippen molar-refractivity contribution in [1.29, 1.82) is 0 Å². The fourth-order valence-corrected chi connectivity index (χ4v) is 1.64. The highest BCUT2D eigenvalue weighted by Crippen LogP contribution is 2.09. The number of halogens is 1. The van der Waals surface area contributed by atoms with Gasteiger partial charge in [0.1, 0.15) is 5.82 Å². The van der Waals surface area contributed by atoms with Crippen LogP contribution in [0.1, 0.15) is 23.7 Å². The standard InChI is InChI=1S/C14H18FNO4/c1-9(17)8-16-12(7-13(18)20-2)14(19)10-3-5-11(15)6-4-10/h3-6,9,12,16-17H,7-8H2,1-2H3. The lowest BCUT2D eigenvalue weighted by Gasteiger charge is -2.17. The molecule has 110 valence electrons. The summed E-state index contributed by atoms with van der Waals surface area (Å²) in [6.07, 6.45) is -0.810. The fourth-order valence-electron chi connectivity index (χ4n) is 1.64. The van der Waals surface area contributed by atoms with Crippen LogP contribution < -0.4 is 5.32 Å². The lowest BCUT2D eigenvalue weighted by Crippen LogP contribution is -2.42. The summed E-state index contributed by atoms with van der Waals surface area (Å²) in [5.41, 5.74) is 0.290. The molecule has 0 fully saturated rings. The van der Waals surface area contributed by atoms with Gasteiger partial charge in [0.15, 0.2) is 5.78 Å². The number of nitrogens with one attached hydrogen (secondary N) is 1. The van der Waals surface area contributed by atoms with Gasteiger partial charge in [-0.1, -0.05) is 0 Å². The summed E-state index contributed by atoms with van der Waals surface area (Å²) in [7, 11) is 1.23. The van der Waals surface area contributed by atoms with Crippen LogP contribution in [0.3, 0.4) is 0 Å². The van der Waals surface area contributed by atoms with Crippen molar-refractivity contribution < 1.29 is 23.8 Å². The van der Waals surface area contributed by atoms with Crippen molar-refractivity contribution in [1.82, 2.24) is 5.32 Å². The number of hydrogen-bond donors (Lipinski definition) is 2. The van der Waals surface area contributed by atoms with Crippen molar-refractivity contribution in [2.75, 3.05) is 13.7 Å². The van der Waals surface area contributed by atoms with E-state index in [1.54, 1.807) is 6.92 Å². The van der Waals surface area contributed by atoms with Crippen LogP contribution in [0.15, 0.2) is 24.3 Å². The van der Waals surface area contributed by atoms with E-state index < -0.39 is 23.9 Å². The van der Waals surface area contributed by atoms with Gasteiger partial charge in [0.25, 0.3) is 0 Å². The van der Waals surface area contributed by atoms with Gasteiger partial charge in [0, 0.05) is 12.1 Å². The Hall–Kier alpha value is -1.79. The maximum absolute atomic E-state index is 12.8. The summed E-state index contributed by atoms with van der Waals surface area (Å²) in [5.74, 6) is -1.33. The molecule has 2 atom stereocenters. The van der Waals surface area contributed by atoms with E-state index in [0.29, 0.717) is 5.56 Å². The molecule has 0 spiro atoms. The normalized spacial score (nSPS) is 13.6. The number of Topliss-reactive ketones (excluding diaryl/α,β-unsaturated/α-hetero) is 1. The van der Waals surface area contributed by atoms with E-state index in [9.17, 15) is 19.1 Å². The lowest BCUT2D eigenvalue weighted by atomic mass is 10.0. The third-order valence-electron chi connectivity index (χ3n) is 2.70. The number of rotatable bonds is 7. The van der Waals surface area contributed by atoms with Crippen LogP contribution in [-0.4, -0.2) is 42.7 Å². The molecule has 0 bridgehead atoms. The molecular formula is C14H18FNO4. The second-order valence-electron chi connectivity index (χ2n) is 4.46. The Morgan fingerprint density at radius 2 is 1.95 bits per heavy atom. The molecule has 0 aliphatic rings. The topological polar surface area (TPSA) is 75.6 Å². The third kappa shape index (κ3) is 5.07. The average molecular weight is 283 g/mol. The highest BCUT2D eigenvalue weighted by atomic mass is 19.1. The molecule has 0 saturated heterocycles. The number of ether oxygens (including phenoxy) is 1. The number of ketones is 1. The van der Waals surface area contributed by atoms with Crippen molar-refractivity contribution in [3.05, 3.63) is 35.6 Å². The van der Waals surface area contributed by atoms with Crippen LogP contribution in [-0.2, 0) is 9.53 Å². The second-order valence-corrected chi connectivity index (χ2v) is 4.46. The lowest BCUT2D eigenvalue weighted by molar-refractivity contribution is -0.141. The summed E-state index contributed by atoms with van der Waals surface area (Å²) in [6, 6.07) is 4.24. The monoisotopic (exact) mass is 283 g/mol. The SMILES string of the molecule is COC(=O)CC(NCC(C)O)C(=O)c1ccc(F)cc1. The molecule has 6 heteroatoms. The Balaban J connectivity index is 2.82. The number of esters is 1. The summed E-state index contributed by atoms with van der Waals surface area (Å²) in [6.45, 7) is 1.72. The number of methoxy groups -OCH3 is 1. The number of carbonyl (C=O) groups is 2. The van der Waals surface area contributed by atoms with Gasteiger partial charge < -0.3 is 15.2 Å². The van der Waals surface area contributed by atoms with Crippen molar-refractivity contribution in [3.8, 4) is 0 Å². The van der Waals surface area contributed by atoms with Crippen molar-refractivity contribution in [2.24, 2.45) is 0 Å². The molecule has 0 aromatic heterocycles. The van der Waals surface area contributed by atoms with Crippen molar-refractivity contribution >= 4 is 11.8 Å². The molecule has 0 aliphatic carbocycles. The Morgan fingerprint density at radius 1 is 1.35 bits per heavy atom. The van der Waals surface area contributed by atoms with E-state index in [2.05, 4.69) is 10.1 Å². The van der Waals surface area contributed by atoms with E-state index in [1.807, 2.05) is 0 Å². The largest absolute Gasteiger partial charge is 0.469 e. The van der Waals surface area contributed by atoms with Crippen molar-refractivity contribution in [2.45, 2.75) is 25.5 Å². The Morgan fingerprint density at radius 3 is 2.45 bits per heavy atom. The van der Waals surface area contributed by atoms with Crippen LogP contribution in [0.25, 0.3) is 0 Å². The van der Waals surface area contributed by atoms with Gasteiger partial charge in [-0.3, -0.25) is 9.59 Å². The van der Waals surface area contributed by atoms with Crippen LogP contribution in [0, 0.1) is 5.82 Å². The highest BCUT2D eigenvalue weighted by Gasteiger charge is 2.23. The Kier molecular flexibility index (Phi) is 6.27. The van der Waals surface area contributed by atoms with E-state index in [0.717, 1.165) is 0 Å². The first-order chi connectivity index (χ1) is 9.43. The Labute approximate surface area is 116 Å². The van der Waals surface area contributed by atoms with Gasteiger partial charge in [0.05, 0.1) is 25.7 Å². The van der Waals surface area contributed by atoms with E-state index in [1.165, 1.54) is 31.4 Å². The molecule has 0 radical (unpaired) electrons. The molecule has 5 nitrogen and oxygen atoms in total. The molecule has 2 N–H and O–H groups in total. The summed E-state index contributed by atoms with van der Waals surface area (Å²) in [5, 5.41) is 12.0. The molecule has 1 rings (SSSR count). The van der Waals surface area contributed by atoms with Crippen LogP contribution in [0.4, 0.5) is 4.39 Å². The summed E-state index contributed by atoms with van der Waals surface area (Å²) < 4.78 is 17.4. The summed E-state index contributed by atoms with van der Waals surface area (Å²) >= 11 is 0. The predicted octanol–water partition coefficient (Wildman–Crippen LogP) is 0.910. The quantitative estimate of drug-likeness (QED) is 0.574. The zero-order chi connectivity index (χ0) is 15.1. The molecular weight excluding hydrogens is 265 g/mol. The smallest absolute Gasteiger partial charge is 0.307 e. The third-order valence-corrected chi connectivity index (χ3v) is 2.70. The first-order valence-corrected chi connectivity index (χ1v) is 6.22. The van der Waals surface area contributed by atoms with E-state index in [-0.39, 0.29) is 18.7 Å². The number of benzene rings is 1. The maximum Gasteiger partial charge on any atom is 0.307 e. The molecule has 1 aromatic rings. The molecule has 0 saturated carbocycles. The Bertz CT molecular complexity index is 459. The van der Waals surface area contributed by atoms with Gasteiger partial charge in [-0.15, -0.1) is 0 Å². The van der Waals surface area contributed by atoms with E-state index >= 15 is 0 Å². The minimum atomic E-state index is -0.817. The van der Waals surface area contributed by atoms with Gasteiger partial charge >= 0.3 is 5.97 Å². The van der Waals surface area contributed by atoms with Gasteiger partial charge in [-0.05, 0) is 31.2 Å². The predicted molar refractivity (Wildman–Crippen MR) is 70.8 cm³/mol. The zero-order valence-electron chi connectivity index (χ0n) is 11.4. The summed E-state index contributed by atoms with van der Waals surface area (Å²) in [4.78, 5) is 23.6. The molecule has 0 amide bonds. The molecule has 20 heavy (non-hydrogen) atoms. The van der Waals surface area contributed by atoms with Gasteiger partial charge in [0.2, 0.25) is 0 Å². The van der Waals surface area contributed by atoms with Crippen LogP contribution in [0.5, 0.6) is 0 Å². The molecule has 1 aromatic carbocycles. The fraction of sp³-hybridized carbons (Fsp3) is 0.429. The first-order valence-electron chi connectivity index (χ1n) is 6.22. The highest BCUT2D eigenvalue weighted by molar-refractivity contribution is 6.01. The van der Waals surface area contributed by atoms with Crippen LogP contribution in [0.2, 0.25) is 0 Å². The van der Waals surface area contributed by atoms with Crippen molar-refractivity contribution in [3.63, 3.8) is 0 Å². The van der Waals surface area contributed by atoms with Gasteiger partial charge in [-0.2, -0.15) is 0 Å². The maximum atomic E-state index is 12.8.